The van der Waals surface area contributed by atoms with Gasteiger partial charge in [-0.15, -0.1) is 0 Å². The van der Waals surface area contributed by atoms with Crippen LogP contribution in [-0.4, -0.2) is 33.4 Å². The van der Waals surface area contributed by atoms with Crippen LogP contribution in [0.15, 0.2) is 18.2 Å². The SMILES string of the molecule is CCCNC1CCOC(c2cc(OC)cc(OC)c2)C1. The van der Waals surface area contributed by atoms with Crippen LogP contribution in [0.4, 0.5) is 0 Å². The van der Waals surface area contributed by atoms with Crippen LogP contribution in [0.1, 0.15) is 37.9 Å². The van der Waals surface area contributed by atoms with Crippen LogP contribution in [0.25, 0.3) is 0 Å². The van der Waals surface area contributed by atoms with Crippen molar-refractivity contribution in [3.8, 4) is 11.5 Å². The van der Waals surface area contributed by atoms with E-state index in [1.807, 2.05) is 18.2 Å². The van der Waals surface area contributed by atoms with E-state index in [4.69, 9.17) is 14.2 Å². The molecule has 0 aliphatic carbocycles. The van der Waals surface area contributed by atoms with E-state index >= 15 is 0 Å². The first-order chi connectivity index (χ1) is 9.76. The fraction of sp³-hybridized carbons (Fsp3) is 0.625. The molecule has 1 saturated heterocycles. The first-order valence-corrected chi connectivity index (χ1v) is 7.34. The van der Waals surface area contributed by atoms with Crippen molar-refractivity contribution >= 4 is 0 Å². The highest BCUT2D eigenvalue weighted by atomic mass is 16.5. The summed E-state index contributed by atoms with van der Waals surface area (Å²) in [5.74, 6) is 1.62. The third-order valence-corrected chi connectivity index (χ3v) is 3.71. The molecule has 2 atom stereocenters. The topological polar surface area (TPSA) is 39.7 Å². The largest absolute Gasteiger partial charge is 0.497 e. The number of rotatable bonds is 6. The summed E-state index contributed by atoms with van der Waals surface area (Å²) < 4.78 is 16.6. The van der Waals surface area contributed by atoms with E-state index in [9.17, 15) is 0 Å². The molecule has 2 rings (SSSR count). The maximum atomic E-state index is 5.92. The molecule has 1 aliphatic heterocycles. The van der Waals surface area contributed by atoms with Gasteiger partial charge in [-0.25, -0.2) is 0 Å². The first-order valence-electron chi connectivity index (χ1n) is 7.34. The molecule has 1 aromatic rings. The van der Waals surface area contributed by atoms with E-state index in [2.05, 4.69) is 12.2 Å². The van der Waals surface area contributed by atoms with Crippen molar-refractivity contribution in [3.05, 3.63) is 23.8 Å². The number of benzene rings is 1. The lowest BCUT2D eigenvalue weighted by Crippen LogP contribution is -2.36. The third-order valence-electron chi connectivity index (χ3n) is 3.71. The average Bonchev–Trinajstić information content (AvgIpc) is 2.52. The molecular formula is C16H25NO3. The highest BCUT2D eigenvalue weighted by molar-refractivity contribution is 5.39. The van der Waals surface area contributed by atoms with Gasteiger partial charge in [-0.1, -0.05) is 6.92 Å². The molecule has 4 heteroatoms. The van der Waals surface area contributed by atoms with Crippen LogP contribution in [0.2, 0.25) is 0 Å². The van der Waals surface area contributed by atoms with Crippen molar-refractivity contribution < 1.29 is 14.2 Å². The molecule has 4 nitrogen and oxygen atoms in total. The van der Waals surface area contributed by atoms with Gasteiger partial charge >= 0.3 is 0 Å². The van der Waals surface area contributed by atoms with E-state index in [1.54, 1.807) is 14.2 Å². The lowest BCUT2D eigenvalue weighted by molar-refractivity contribution is 0.000152. The Morgan fingerprint density at radius 3 is 2.50 bits per heavy atom. The molecule has 0 aromatic heterocycles. The number of methoxy groups -OCH3 is 2. The van der Waals surface area contributed by atoms with Crippen LogP contribution in [0.3, 0.4) is 0 Å². The van der Waals surface area contributed by atoms with Gasteiger partial charge in [-0.05, 0) is 43.5 Å². The summed E-state index contributed by atoms with van der Waals surface area (Å²) in [5.41, 5.74) is 1.13. The molecule has 0 bridgehead atoms. The molecule has 1 aromatic carbocycles. The van der Waals surface area contributed by atoms with Crippen LogP contribution < -0.4 is 14.8 Å². The predicted octanol–water partition coefficient (Wildman–Crippen LogP) is 2.92. The summed E-state index contributed by atoms with van der Waals surface area (Å²) in [7, 11) is 3.35. The first kappa shape index (κ1) is 15.1. The van der Waals surface area contributed by atoms with Crippen LogP contribution in [-0.2, 0) is 4.74 Å². The Bertz CT molecular complexity index is 400. The van der Waals surface area contributed by atoms with E-state index < -0.39 is 0 Å². The zero-order valence-electron chi connectivity index (χ0n) is 12.6. The van der Waals surface area contributed by atoms with Gasteiger partial charge in [0, 0.05) is 18.7 Å². The van der Waals surface area contributed by atoms with E-state index in [0.29, 0.717) is 6.04 Å². The smallest absolute Gasteiger partial charge is 0.122 e. The Morgan fingerprint density at radius 2 is 1.90 bits per heavy atom. The van der Waals surface area contributed by atoms with Crippen molar-refractivity contribution in [2.75, 3.05) is 27.4 Å². The molecular weight excluding hydrogens is 254 g/mol. The van der Waals surface area contributed by atoms with Crippen molar-refractivity contribution in [1.29, 1.82) is 0 Å². The van der Waals surface area contributed by atoms with Crippen molar-refractivity contribution in [3.63, 3.8) is 0 Å². The van der Waals surface area contributed by atoms with Crippen LogP contribution in [0.5, 0.6) is 11.5 Å². The average molecular weight is 279 g/mol. The van der Waals surface area contributed by atoms with Gasteiger partial charge in [0.05, 0.1) is 20.3 Å². The molecule has 0 radical (unpaired) electrons. The molecule has 1 fully saturated rings. The summed E-state index contributed by atoms with van der Waals surface area (Å²) in [5, 5.41) is 3.59. The Morgan fingerprint density at radius 1 is 1.20 bits per heavy atom. The van der Waals surface area contributed by atoms with Crippen molar-refractivity contribution in [2.45, 2.75) is 38.3 Å². The second-order valence-electron chi connectivity index (χ2n) is 5.18. The molecule has 1 aliphatic rings. The monoisotopic (exact) mass is 279 g/mol. The molecule has 20 heavy (non-hydrogen) atoms. The second-order valence-corrected chi connectivity index (χ2v) is 5.18. The summed E-state index contributed by atoms with van der Waals surface area (Å²) in [6, 6.07) is 6.50. The normalized spacial score (nSPS) is 22.6. The van der Waals surface area contributed by atoms with Gasteiger partial charge in [0.1, 0.15) is 11.5 Å². The van der Waals surface area contributed by atoms with E-state index in [-0.39, 0.29) is 6.10 Å². The Hall–Kier alpha value is -1.26. The van der Waals surface area contributed by atoms with Crippen molar-refractivity contribution in [2.24, 2.45) is 0 Å². The van der Waals surface area contributed by atoms with Gasteiger partial charge in [0.2, 0.25) is 0 Å². The summed E-state index contributed by atoms with van der Waals surface area (Å²) in [4.78, 5) is 0. The second kappa shape index (κ2) is 7.50. The molecule has 2 unspecified atom stereocenters. The highest BCUT2D eigenvalue weighted by Crippen LogP contribution is 2.33. The molecule has 1 N–H and O–H groups in total. The molecule has 112 valence electrons. The van der Waals surface area contributed by atoms with Gasteiger partial charge < -0.3 is 19.5 Å². The fourth-order valence-electron chi connectivity index (χ4n) is 2.58. The van der Waals surface area contributed by atoms with Gasteiger partial charge in [0.15, 0.2) is 0 Å². The minimum absolute atomic E-state index is 0.113. The maximum absolute atomic E-state index is 5.92. The number of hydrogen-bond acceptors (Lipinski definition) is 4. The Labute approximate surface area is 121 Å². The zero-order chi connectivity index (χ0) is 14.4. The highest BCUT2D eigenvalue weighted by Gasteiger charge is 2.24. The van der Waals surface area contributed by atoms with Gasteiger partial charge in [-0.2, -0.15) is 0 Å². The van der Waals surface area contributed by atoms with Gasteiger partial charge in [0.25, 0.3) is 0 Å². The van der Waals surface area contributed by atoms with Crippen LogP contribution in [0, 0.1) is 0 Å². The molecule has 1 heterocycles. The van der Waals surface area contributed by atoms with Crippen LogP contribution >= 0.6 is 0 Å². The number of nitrogens with one attached hydrogen (secondary N) is 1. The number of ether oxygens (including phenoxy) is 3. The van der Waals surface area contributed by atoms with Gasteiger partial charge in [-0.3, -0.25) is 0 Å². The van der Waals surface area contributed by atoms with Crippen molar-refractivity contribution in [1.82, 2.24) is 5.32 Å². The Balaban J connectivity index is 2.09. The van der Waals surface area contributed by atoms with E-state index in [1.165, 1.54) is 0 Å². The quantitative estimate of drug-likeness (QED) is 0.869. The minimum atomic E-state index is 0.113. The summed E-state index contributed by atoms with van der Waals surface area (Å²) in [6.45, 7) is 4.06. The lowest BCUT2D eigenvalue weighted by Gasteiger charge is -2.30. The standard InChI is InChI=1S/C16H25NO3/c1-4-6-17-13-5-7-20-16(10-13)12-8-14(18-2)11-15(9-12)19-3/h8-9,11,13,16-17H,4-7,10H2,1-3H3. The Kier molecular flexibility index (Phi) is 5.68. The molecule has 0 spiro atoms. The maximum Gasteiger partial charge on any atom is 0.122 e. The van der Waals surface area contributed by atoms with E-state index in [0.717, 1.165) is 49.5 Å². The molecule has 0 saturated carbocycles. The minimum Gasteiger partial charge on any atom is -0.497 e. The fourth-order valence-corrected chi connectivity index (χ4v) is 2.58. The number of hydrogen-bond donors (Lipinski definition) is 1. The summed E-state index contributed by atoms with van der Waals surface area (Å²) in [6.07, 6.45) is 3.35. The zero-order valence-corrected chi connectivity index (χ0v) is 12.6. The lowest BCUT2D eigenvalue weighted by atomic mass is 9.97. The third kappa shape index (κ3) is 3.87. The molecule has 0 amide bonds. The summed E-state index contributed by atoms with van der Waals surface area (Å²) >= 11 is 0. The predicted molar refractivity (Wildman–Crippen MR) is 79.6 cm³/mol.